The Hall–Kier alpha value is -1.10. The van der Waals surface area contributed by atoms with Gasteiger partial charge in [0.15, 0.2) is 0 Å². The zero-order chi connectivity index (χ0) is 10.3. The molecule has 0 radical (unpaired) electrons. The molecule has 0 bridgehead atoms. The minimum Gasteiger partial charge on any atom is -0.480 e. The second-order valence-corrected chi connectivity index (χ2v) is 2.58. The molecule has 1 amide bonds. The van der Waals surface area contributed by atoms with Gasteiger partial charge in [0.2, 0.25) is 5.91 Å². The minimum absolute atomic E-state index is 0.294. The number of carbonyl (C=O) groups excluding carboxylic acids is 1. The molecule has 0 saturated heterocycles. The fraction of sp³-hybridized carbons (Fsp3) is 0.750. The topological polar surface area (TPSA) is 75.6 Å². The quantitative estimate of drug-likeness (QED) is 0.577. The van der Waals surface area contributed by atoms with Crippen molar-refractivity contribution in [3.63, 3.8) is 0 Å². The van der Waals surface area contributed by atoms with Crippen molar-refractivity contribution in [1.29, 1.82) is 0 Å². The molecule has 0 rings (SSSR count). The van der Waals surface area contributed by atoms with Gasteiger partial charge in [0.25, 0.3) is 0 Å². The molecule has 0 spiro atoms. The zero-order valence-corrected chi connectivity index (χ0v) is 7.87. The van der Waals surface area contributed by atoms with Gasteiger partial charge in [0.05, 0.1) is 0 Å². The van der Waals surface area contributed by atoms with E-state index >= 15 is 0 Å². The molecule has 0 aromatic carbocycles. The van der Waals surface area contributed by atoms with Crippen LogP contribution in [0.3, 0.4) is 0 Å². The van der Waals surface area contributed by atoms with E-state index in [2.05, 4.69) is 5.32 Å². The van der Waals surface area contributed by atoms with Crippen LogP contribution in [0.5, 0.6) is 0 Å². The van der Waals surface area contributed by atoms with Gasteiger partial charge in [-0.2, -0.15) is 0 Å². The monoisotopic (exact) mass is 189 g/mol. The van der Waals surface area contributed by atoms with Crippen molar-refractivity contribution in [3.8, 4) is 0 Å². The van der Waals surface area contributed by atoms with Crippen LogP contribution in [0, 0.1) is 0 Å². The molecule has 5 nitrogen and oxygen atoms in total. The number of carboxylic acid groups (broad SMARTS) is 1. The number of carbonyl (C=O) groups is 2. The van der Waals surface area contributed by atoms with E-state index in [1.54, 1.807) is 0 Å². The predicted molar refractivity (Wildman–Crippen MR) is 46.4 cm³/mol. The second kappa shape index (κ2) is 6.42. The molecule has 0 aliphatic heterocycles. The average Bonchev–Trinajstić information content (AvgIpc) is 2.02. The highest BCUT2D eigenvalue weighted by atomic mass is 16.5. The second-order valence-electron chi connectivity index (χ2n) is 2.58. The number of rotatable bonds is 6. The number of aliphatic carboxylic acids is 1. The number of ether oxygens (including phenoxy) is 1. The average molecular weight is 189 g/mol. The van der Waals surface area contributed by atoms with Gasteiger partial charge in [-0.15, -0.1) is 0 Å². The number of nitrogens with one attached hydrogen (secondary N) is 1. The van der Waals surface area contributed by atoms with E-state index in [0.717, 1.165) is 0 Å². The summed E-state index contributed by atoms with van der Waals surface area (Å²) in [5.74, 6) is -1.38. The zero-order valence-electron chi connectivity index (χ0n) is 7.87. The smallest absolute Gasteiger partial charge is 0.326 e. The van der Waals surface area contributed by atoms with Crippen LogP contribution in [-0.2, 0) is 14.3 Å². The third-order valence-corrected chi connectivity index (χ3v) is 1.43. The third-order valence-electron chi connectivity index (χ3n) is 1.43. The first-order valence-electron chi connectivity index (χ1n) is 4.15. The predicted octanol–water partition coefficient (Wildman–Crippen LogP) is 0.00230. The molecule has 0 aromatic rings. The summed E-state index contributed by atoms with van der Waals surface area (Å²) in [5.41, 5.74) is 0. The summed E-state index contributed by atoms with van der Waals surface area (Å²) in [4.78, 5) is 21.1. The molecule has 0 fully saturated rings. The molecular weight excluding hydrogens is 174 g/mol. The molecule has 0 aliphatic carbocycles. The maximum atomic E-state index is 10.6. The first-order valence-corrected chi connectivity index (χ1v) is 4.15. The van der Waals surface area contributed by atoms with Gasteiger partial charge < -0.3 is 15.2 Å². The Morgan fingerprint density at radius 3 is 2.54 bits per heavy atom. The maximum absolute atomic E-state index is 10.6. The van der Waals surface area contributed by atoms with Crippen molar-refractivity contribution >= 4 is 11.9 Å². The lowest BCUT2D eigenvalue weighted by molar-refractivity contribution is -0.142. The highest BCUT2D eigenvalue weighted by molar-refractivity contribution is 5.81. The maximum Gasteiger partial charge on any atom is 0.326 e. The molecule has 76 valence electrons. The summed E-state index contributed by atoms with van der Waals surface area (Å²) in [5, 5.41) is 11.0. The molecule has 0 aliphatic rings. The van der Waals surface area contributed by atoms with Gasteiger partial charge in [-0.25, -0.2) is 4.79 Å². The Labute approximate surface area is 77.1 Å². The first-order chi connectivity index (χ1) is 6.07. The van der Waals surface area contributed by atoms with Crippen molar-refractivity contribution in [1.82, 2.24) is 5.32 Å². The van der Waals surface area contributed by atoms with E-state index in [1.165, 1.54) is 6.92 Å². The fourth-order valence-electron chi connectivity index (χ4n) is 0.848. The van der Waals surface area contributed by atoms with Gasteiger partial charge in [0.1, 0.15) is 6.04 Å². The summed E-state index contributed by atoms with van der Waals surface area (Å²) >= 11 is 0. The lowest BCUT2D eigenvalue weighted by atomic mass is 10.2. The van der Waals surface area contributed by atoms with E-state index in [1.807, 2.05) is 6.92 Å². The van der Waals surface area contributed by atoms with E-state index in [4.69, 9.17) is 9.84 Å². The molecule has 0 unspecified atom stereocenters. The van der Waals surface area contributed by atoms with Gasteiger partial charge >= 0.3 is 5.97 Å². The van der Waals surface area contributed by atoms with E-state index in [9.17, 15) is 9.59 Å². The Morgan fingerprint density at radius 2 is 2.15 bits per heavy atom. The van der Waals surface area contributed by atoms with Crippen LogP contribution in [-0.4, -0.2) is 36.2 Å². The number of hydrogen-bond acceptors (Lipinski definition) is 3. The van der Waals surface area contributed by atoms with Crippen LogP contribution in [0.2, 0.25) is 0 Å². The summed E-state index contributed by atoms with van der Waals surface area (Å²) < 4.78 is 4.98. The third kappa shape index (κ3) is 6.10. The largest absolute Gasteiger partial charge is 0.480 e. The van der Waals surface area contributed by atoms with Gasteiger partial charge in [-0.1, -0.05) is 0 Å². The van der Waals surface area contributed by atoms with Crippen LogP contribution in [0.1, 0.15) is 20.3 Å². The number of carboxylic acids is 1. The Bertz CT molecular complexity index is 181. The van der Waals surface area contributed by atoms with Crippen LogP contribution >= 0.6 is 0 Å². The van der Waals surface area contributed by atoms with Gasteiger partial charge in [0, 0.05) is 26.6 Å². The number of amides is 1. The number of hydrogen-bond donors (Lipinski definition) is 2. The summed E-state index contributed by atoms with van der Waals surface area (Å²) in [6, 6.07) is -0.843. The standard InChI is InChI=1S/C8H15NO4/c1-3-13-5-4-7(8(11)12)9-6(2)10/h7H,3-5H2,1-2H3,(H,9,10)(H,11,12)/t7-/m1/s1. The first kappa shape index (κ1) is 11.9. The minimum atomic E-state index is -1.03. The van der Waals surface area contributed by atoms with Crippen LogP contribution in [0.4, 0.5) is 0 Å². The Morgan fingerprint density at radius 1 is 1.54 bits per heavy atom. The van der Waals surface area contributed by atoms with Gasteiger partial charge in [-0.3, -0.25) is 4.79 Å². The lowest BCUT2D eigenvalue weighted by Crippen LogP contribution is -2.40. The van der Waals surface area contributed by atoms with Crippen LogP contribution in [0.15, 0.2) is 0 Å². The summed E-state index contributed by atoms with van der Waals surface area (Å²) in [6.45, 7) is 4.00. The SMILES string of the molecule is CCOCC[C@@H](NC(C)=O)C(=O)O. The highest BCUT2D eigenvalue weighted by Crippen LogP contribution is 1.93. The summed E-state index contributed by atoms with van der Waals surface area (Å²) in [7, 11) is 0. The molecule has 0 heterocycles. The molecule has 13 heavy (non-hydrogen) atoms. The van der Waals surface area contributed by atoms with Crippen molar-refractivity contribution in [2.24, 2.45) is 0 Å². The molecule has 1 atom stereocenters. The Balaban J connectivity index is 3.81. The van der Waals surface area contributed by atoms with Crippen molar-refractivity contribution in [3.05, 3.63) is 0 Å². The van der Waals surface area contributed by atoms with Crippen molar-refractivity contribution < 1.29 is 19.4 Å². The normalized spacial score (nSPS) is 12.2. The fourth-order valence-corrected chi connectivity index (χ4v) is 0.848. The highest BCUT2D eigenvalue weighted by Gasteiger charge is 2.17. The van der Waals surface area contributed by atoms with E-state index in [0.29, 0.717) is 19.6 Å². The van der Waals surface area contributed by atoms with Crippen LogP contribution in [0.25, 0.3) is 0 Å². The lowest BCUT2D eigenvalue weighted by Gasteiger charge is -2.12. The van der Waals surface area contributed by atoms with Crippen molar-refractivity contribution in [2.75, 3.05) is 13.2 Å². The molecule has 2 N–H and O–H groups in total. The van der Waals surface area contributed by atoms with Gasteiger partial charge in [-0.05, 0) is 6.92 Å². The molecule has 0 saturated carbocycles. The van der Waals surface area contributed by atoms with Crippen molar-refractivity contribution in [2.45, 2.75) is 26.3 Å². The molecular formula is C8H15NO4. The molecule has 5 heteroatoms. The van der Waals surface area contributed by atoms with E-state index in [-0.39, 0.29) is 5.91 Å². The summed E-state index contributed by atoms with van der Waals surface area (Å²) in [6.07, 6.45) is 0.294. The van der Waals surface area contributed by atoms with Crippen LogP contribution < -0.4 is 5.32 Å². The molecule has 0 aromatic heterocycles. The Kier molecular flexibility index (Phi) is 5.88. The van der Waals surface area contributed by atoms with E-state index < -0.39 is 12.0 Å².